The van der Waals surface area contributed by atoms with Gasteiger partial charge in [-0.3, -0.25) is 4.79 Å². The Hall–Kier alpha value is -1.30. The fourth-order valence-electron chi connectivity index (χ4n) is 2.29. The molecule has 1 aromatic carbocycles. The van der Waals surface area contributed by atoms with Crippen molar-refractivity contribution in [2.75, 3.05) is 19.6 Å². The van der Waals surface area contributed by atoms with E-state index >= 15 is 0 Å². The average molecular weight is 313 g/mol. The maximum absolute atomic E-state index is 12.0. The van der Waals surface area contributed by atoms with Crippen LogP contribution in [0.5, 0.6) is 5.75 Å². The molecular formula is C15H21ClN2O3. The minimum Gasteiger partial charge on any atom is -0.481 e. The number of hydrogen-bond donors (Lipinski definition) is 3. The summed E-state index contributed by atoms with van der Waals surface area (Å²) in [5.41, 5.74) is 0.887. The maximum atomic E-state index is 12.0. The van der Waals surface area contributed by atoms with E-state index in [1.54, 1.807) is 25.1 Å². The number of benzene rings is 1. The molecule has 0 radical (unpaired) electrons. The summed E-state index contributed by atoms with van der Waals surface area (Å²) < 4.78 is 5.66. The molecule has 21 heavy (non-hydrogen) atoms. The number of carbonyl (C=O) groups is 1. The molecule has 1 saturated heterocycles. The number of halogens is 1. The number of hydrogen-bond acceptors (Lipinski definition) is 4. The van der Waals surface area contributed by atoms with Gasteiger partial charge in [0.25, 0.3) is 5.91 Å². The van der Waals surface area contributed by atoms with E-state index in [9.17, 15) is 9.90 Å². The van der Waals surface area contributed by atoms with Crippen LogP contribution in [0.1, 0.15) is 12.5 Å². The van der Waals surface area contributed by atoms with Crippen LogP contribution in [0.4, 0.5) is 0 Å². The third-order valence-electron chi connectivity index (χ3n) is 3.65. The standard InChI is InChI=1S/C15H21ClN2O3/c1-9-5-12(16)3-4-14(9)21-10(2)15(20)18-7-11-6-17-8-13(11)19/h3-5,10-11,13,17,19H,6-8H2,1-2H3,(H,18,20). The Morgan fingerprint density at radius 3 is 2.95 bits per heavy atom. The summed E-state index contributed by atoms with van der Waals surface area (Å²) in [5, 5.41) is 16.2. The highest BCUT2D eigenvalue weighted by Gasteiger charge is 2.26. The molecule has 0 saturated carbocycles. The van der Waals surface area contributed by atoms with Gasteiger partial charge in [-0.15, -0.1) is 0 Å². The van der Waals surface area contributed by atoms with Crippen molar-refractivity contribution >= 4 is 17.5 Å². The van der Waals surface area contributed by atoms with E-state index in [4.69, 9.17) is 16.3 Å². The Bertz CT molecular complexity index is 510. The minimum absolute atomic E-state index is 0.0541. The highest BCUT2D eigenvalue weighted by molar-refractivity contribution is 6.30. The highest BCUT2D eigenvalue weighted by Crippen LogP contribution is 2.22. The Labute approximate surface area is 129 Å². The molecule has 0 aromatic heterocycles. The van der Waals surface area contributed by atoms with Crippen molar-refractivity contribution in [1.82, 2.24) is 10.6 Å². The van der Waals surface area contributed by atoms with Crippen LogP contribution in [0.15, 0.2) is 18.2 Å². The molecule has 3 N–H and O–H groups in total. The van der Waals surface area contributed by atoms with Gasteiger partial charge in [0.15, 0.2) is 6.10 Å². The second kappa shape index (κ2) is 7.11. The number of aryl methyl sites for hydroxylation is 1. The topological polar surface area (TPSA) is 70.6 Å². The molecule has 1 amide bonds. The summed E-state index contributed by atoms with van der Waals surface area (Å²) in [4.78, 5) is 12.0. The Kier molecular flexibility index (Phi) is 5.45. The normalized spacial score (nSPS) is 22.9. The molecule has 6 heteroatoms. The van der Waals surface area contributed by atoms with Gasteiger partial charge in [0.2, 0.25) is 0 Å². The average Bonchev–Trinajstić information content (AvgIpc) is 2.84. The summed E-state index contributed by atoms with van der Waals surface area (Å²) in [5.74, 6) is 0.506. The van der Waals surface area contributed by atoms with Gasteiger partial charge in [-0.25, -0.2) is 0 Å². The summed E-state index contributed by atoms with van der Waals surface area (Å²) in [6, 6.07) is 5.28. The van der Waals surface area contributed by atoms with Crippen molar-refractivity contribution in [3.05, 3.63) is 28.8 Å². The zero-order chi connectivity index (χ0) is 15.4. The van der Waals surface area contributed by atoms with Gasteiger partial charge in [-0.1, -0.05) is 11.6 Å². The van der Waals surface area contributed by atoms with Crippen LogP contribution in [0.2, 0.25) is 5.02 Å². The molecule has 0 spiro atoms. The lowest BCUT2D eigenvalue weighted by atomic mass is 10.1. The van der Waals surface area contributed by atoms with Crippen molar-refractivity contribution in [2.45, 2.75) is 26.1 Å². The number of β-amino-alcohol motifs (C(OH)–C–C–N with tert-alkyl or cyclic N) is 1. The van der Waals surface area contributed by atoms with Gasteiger partial charge in [-0.05, 0) is 37.6 Å². The van der Waals surface area contributed by atoms with Crippen molar-refractivity contribution in [3.8, 4) is 5.75 Å². The first-order valence-corrected chi connectivity index (χ1v) is 7.44. The van der Waals surface area contributed by atoms with Crippen molar-refractivity contribution in [1.29, 1.82) is 0 Å². The lowest BCUT2D eigenvalue weighted by Crippen LogP contribution is -2.41. The minimum atomic E-state index is -0.601. The van der Waals surface area contributed by atoms with Gasteiger partial charge < -0.3 is 20.5 Å². The Morgan fingerprint density at radius 2 is 2.33 bits per heavy atom. The maximum Gasteiger partial charge on any atom is 0.260 e. The van der Waals surface area contributed by atoms with Crippen LogP contribution in [-0.2, 0) is 4.79 Å². The number of carbonyl (C=O) groups excluding carboxylic acids is 1. The fraction of sp³-hybridized carbons (Fsp3) is 0.533. The molecular weight excluding hydrogens is 292 g/mol. The molecule has 3 atom stereocenters. The molecule has 1 heterocycles. The van der Waals surface area contributed by atoms with Gasteiger partial charge in [0.05, 0.1) is 6.10 Å². The smallest absolute Gasteiger partial charge is 0.260 e. The number of aliphatic hydroxyl groups is 1. The number of aliphatic hydroxyl groups excluding tert-OH is 1. The van der Waals surface area contributed by atoms with E-state index in [2.05, 4.69) is 10.6 Å². The third-order valence-corrected chi connectivity index (χ3v) is 3.89. The molecule has 3 unspecified atom stereocenters. The predicted molar refractivity (Wildman–Crippen MR) is 81.7 cm³/mol. The Morgan fingerprint density at radius 1 is 1.57 bits per heavy atom. The van der Waals surface area contributed by atoms with Crippen LogP contribution in [-0.4, -0.2) is 42.9 Å². The van der Waals surface area contributed by atoms with Crippen LogP contribution in [0.3, 0.4) is 0 Å². The second-order valence-corrected chi connectivity index (χ2v) is 5.84. The van der Waals surface area contributed by atoms with Crippen molar-refractivity contribution in [2.24, 2.45) is 5.92 Å². The van der Waals surface area contributed by atoms with E-state index in [0.29, 0.717) is 30.4 Å². The largest absolute Gasteiger partial charge is 0.481 e. The number of ether oxygens (including phenoxy) is 1. The third kappa shape index (κ3) is 4.33. The van der Waals surface area contributed by atoms with Gasteiger partial charge >= 0.3 is 0 Å². The first kappa shape index (κ1) is 16.1. The van der Waals surface area contributed by atoms with Crippen molar-refractivity contribution < 1.29 is 14.6 Å². The van der Waals surface area contributed by atoms with Gasteiger partial charge in [-0.2, -0.15) is 0 Å². The van der Waals surface area contributed by atoms with Crippen LogP contribution in [0, 0.1) is 12.8 Å². The van der Waals surface area contributed by atoms with E-state index in [-0.39, 0.29) is 11.8 Å². The first-order chi connectivity index (χ1) is 9.97. The van der Waals surface area contributed by atoms with E-state index in [0.717, 1.165) is 5.56 Å². The Balaban J connectivity index is 1.84. The van der Waals surface area contributed by atoms with E-state index in [1.807, 2.05) is 6.92 Å². The fourth-order valence-corrected chi connectivity index (χ4v) is 2.52. The van der Waals surface area contributed by atoms with Gasteiger partial charge in [0.1, 0.15) is 5.75 Å². The molecule has 1 aliphatic rings. The summed E-state index contributed by atoms with van der Waals surface area (Å²) in [6.07, 6.45) is -1.00. The first-order valence-electron chi connectivity index (χ1n) is 7.06. The van der Waals surface area contributed by atoms with E-state index in [1.165, 1.54) is 0 Å². The molecule has 5 nitrogen and oxygen atoms in total. The number of rotatable bonds is 5. The zero-order valence-corrected chi connectivity index (χ0v) is 13.0. The molecule has 0 aliphatic carbocycles. The zero-order valence-electron chi connectivity index (χ0n) is 12.2. The predicted octanol–water partition coefficient (Wildman–Crippen LogP) is 1.11. The molecule has 2 rings (SSSR count). The number of amides is 1. The number of nitrogens with one attached hydrogen (secondary N) is 2. The molecule has 116 valence electrons. The van der Waals surface area contributed by atoms with E-state index < -0.39 is 12.2 Å². The molecule has 0 bridgehead atoms. The van der Waals surface area contributed by atoms with Gasteiger partial charge in [0, 0.05) is 30.6 Å². The monoisotopic (exact) mass is 312 g/mol. The summed E-state index contributed by atoms with van der Waals surface area (Å²) >= 11 is 5.89. The molecule has 1 aliphatic heterocycles. The van der Waals surface area contributed by atoms with Crippen LogP contribution >= 0.6 is 11.6 Å². The summed E-state index contributed by atoms with van der Waals surface area (Å²) in [7, 11) is 0. The summed E-state index contributed by atoms with van der Waals surface area (Å²) in [6.45, 7) is 5.32. The van der Waals surface area contributed by atoms with Crippen LogP contribution in [0.25, 0.3) is 0 Å². The van der Waals surface area contributed by atoms with Crippen molar-refractivity contribution in [3.63, 3.8) is 0 Å². The lowest BCUT2D eigenvalue weighted by Gasteiger charge is -2.19. The second-order valence-electron chi connectivity index (χ2n) is 5.40. The van der Waals surface area contributed by atoms with Crippen LogP contribution < -0.4 is 15.4 Å². The molecule has 1 aromatic rings. The quantitative estimate of drug-likeness (QED) is 0.762. The lowest BCUT2D eigenvalue weighted by molar-refractivity contribution is -0.127. The highest BCUT2D eigenvalue weighted by atomic mass is 35.5. The molecule has 1 fully saturated rings. The SMILES string of the molecule is Cc1cc(Cl)ccc1OC(C)C(=O)NCC1CNCC1O.